The molecule has 0 unspecified atom stereocenters. The van der Waals surface area contributed by atoms with E-state index in [2.05, 4.69) is 53.3 Å². The summed E-state index contributed by atoms with van der Waals surface area (Å²) < 4.78 is 5.40. The van der Waals surface area contributed by atoms with Crippen LogP contribution >= 0.6 is 0 Å². The van der Waals surface area contributed by atoms with Gasteiger partial charge in [-0.15, -0.1) is 0 Å². The molecule has 1 N–H and O–H groups in total. The molecule has 1 aromatic heterocycles. The standard InChI is InChI=1S/C16H22N4O/c1-12-4-6-13(7-5-12)15-18-14(19-21-15)10-20-9-8-17-11-16(20,2)3/h4-7,17H,8-11H2,1-3H3. The van der Waals surface area contributed by atoms with Gasteiger partial charge in [-0.3, -0.25) is 4.90 Å². The number of rotatable bonds is 3. The van der Waals surface area contributed by atoms with Gasteiger partial charge in [0.05, 0.1) is 6.54 Å². The van der Waals surface area contributed by atoms with Crippen molar-refractivity contribution in [1.82, 2.24) is 20.4 Å². The zero-order valence-corrected chi connectivity index (χ0v) is 12.9. The van der Waals surface area contributed by atoms with E-state index in [0.29, 0.717) is 5.89 Å². The Kier molecular flexibility index (Phi) is 3.78. The van der Waals surface area contributed by atoms with Crippen LogP contribution in [0, 0.1) is 6.92 Å². The highest BCUT2D eigenvalue weighted by Gasteiger charge is 2.30. The van der Waals surface area contributed by atoms with Crippen LogP contribution in [0.15, 0.2) is 28.8 Å². The summed E-state index contributed by atoms with van der Waals surface area (Å²) in [5, 5.41) is 7.55. The first-order valence-corrected chi connectivity index (χ1v) is 7.40. The monoisotopic (exact) mass is 286 g/mol. The SMILES string of the molecule is Cc1ccc(-c2nc(CN3CCNCC3(C)C)no2)cc1. The van der Waals surface area contributed by atoms with Crippen molar-refractivity contribution in [3.05, 3.63) is 35.7 Å². The average molecular weight is 286 g/mol. The zero-order valence-electron chi connectivity index (χ0n) is 12.9. The number of nitrogens with zero attached hydrogens (tertiary/aromatic N) is 3. The van der Waals surface area contributed by atoms with Gasteiger partial charge in [-0.25, -0.2) is 0 Å². The van der Waals surface area contributed by atoms with E-state index in [4.69, 9.17) is 4.52 Å². The van der Waals surface area contributed by atoms with Crippen molar-refractivity contribution >= 4 is 0 Å². The third kappa shape index (κ3) is 3.14. The van der Waals surface area contributed by atoms with Crippen molar-refractivity contribution < 1.29 is 4.52 Å². The summed E-state index contributed by atoms with van der Waals surface area (Å²) in [7, 11) is 0. The molecule has 112 valence electrons. The first kappa shape index (κ1) is 14.2. The normalized spacial score (nSPS) is 18.8. The van der Waals surface area contributed by atoms with Gasteiger partial charge in [0.1, 0.15) is 0 Å². The van der Waals surface area contributed by atoms with Crippen molar-refractivity contribution in [2.24, 2.45) is 0 Å². The Balaban J connectivity index is 1.74. The van der Waals surface area contributed by atoms with Gasteiger partial charge < -0.3 is 9.84 Å². The van der Waals surface area contributed by atoms with Gasteiger partial charge in [-0.1, -0.05) is 22.9 Å². The number of aryl methyl sites for hydroxylation is 1. The van der Waals surface area contributed by atoms with Gasteiger partial charge in [0.15, 0.2) is 5.82 Å². The summed E-state index contributed by atoms with van der Waals surface area (Å²) in [5.74, 6) is 1.35. The number of piperazine rings is 1. The number of aromatic nitrogens is 2. The molecule has 0 atom stereocenters. The van der Waals surface area contributed by atoms with Crippen LogP contribution in [-0.4, -0.2) is 40.2 Å². The lowest BCUT2D eigenvalue weighted by atomic mass is 10.0. The minimum absolute atomic E-state index is 0.114. The summed E-state index contributed by atoms with van der Waals surface area (Å²) in [6.45, 7) is 10.3. The topological polar surface area (TPSA) is 54.2 Å². The fourth-order valence-corrected chi connectivity index (χ4v) is 2.62. The van der Waals surface area contributed by atoms with Crippen LogP contribution in [0.2, 0.25) is 0 Å². The van der Waals surface area contributed by atoms with E-state index in [9.17, 15) is 0 Å². The van der Waals surface area contributed by atoms with Gasteiger partial charge in [0.25, 0.3) is 5.89 Å². The van der Waals surface area contributed by atoms with E-state index in [1.807, 2.05) is 12.1 Å². The molecule has 0 spiro atoms. The molecule has 0 aliphatic carbocycles. The second kappa shape index (κ2) is 5.58. The van der Waals surface area contributed by atoms with Gasteiger partial charge in [0.2, 0.25) is 0 Å². The van der Waals surface area contributed by atoms with Gasteiger partial charge in [-0.05, 0) is 32.9 Å². The minimum atomic E-state index is 0.114. The molecule has 1 fully saturated rings. The van der Waals surface area contributed by atoms with Gasteiger partial charge in [-0.2, -0.15) is 4.98 Å². The van der Waals surface area contributed by atoms with E-state index in [-0.39, 0.29) is 5.54 Å². The summed E-state index contributed by atoms with van der Waals surface area (Å²) in [6.07, 6.45) is 0. The fraction of sp³-hybridized carbons (Fsp3) is 0.500. The Morgan fingerprint density at radius 2 is 2.05 bits per heavy atom. The van der Waals surface area contributed by atoms with Crippen molar-refractivity contribution in [1.29, 1.82) is 0 Å². The van der Waals surface area contributed by atoms with Crippen LogP contribution in [0.1, 0.15) is 25.2 Å². The molecule has 2 aromatic rings. The Hall–Kier alpha value is -1.72. The number of benzene rings is 1. The summed E-state index contributed by atoms with van der Waals surface area (Å²) in [5.41, 5.74) is 2.31. The van der Waals surface area contributed by atoms with Gasteiger partial charge >= 0.3 is 0 Å². The average Bonchev–Trinajstić information content (AvgIpc) is 2.90. The van der Waals surface area contributed by atoms with E-state index in [1.165, 1.54) is 5.56 Å². The highest BCUT2D eigenvalue weighted by molar-refractivity contribution is 5.53. The first-order valence-electron chi connectivity index (χ1n) is 7.40. The van der Waals surface area contributed by atoms with E-state index in [1.54, 1.807) is 0 Å². The molecule has 3 rings (SSSR count). The molecule has 1 saturated heterocycles. The molecule has 5 heteroatoms. The summed E-state index contributed by atoms with van der Waals surface area (Å²) in [6, 6.07) is 8.14. The maximum absolute atomic E-state index is 5.40. The first-order chi connectivity index (χ1) is 10.0. The second-order valence-corrected chi connectivity index (χ2v) is 6.29. The molecule has 21 heavy (non-hydrogen) atoms. The maximum atomic E-state index is 5.40. The lowest BCUT2D eigenvalue weighted by molar-refractivity contribution is 0.0791. The van der Waals surface area contributed by atoms with Crippen molar-refractivity contribution in [3.63, 3.8) is 0 Å². The highest BCUT2D eigenvalue weighted by atomic mass is 16.5. The van der Waals surface area contributed by atoms with Crippen LogP contribution in [0.3, 0.4) is 0 Å². The maximum Gasteiger partial charge on any atom is 0.257 e. The molecule has 2 heterocycles. The fourth-order valence-electron chi connectivity index (χ4n) is 2.62. The Morgan fingerprint density at radius 1 is 1.29 bits per heavy atom. The molecule has 0 saturated carbocycles. The zero-order chi connectivity index (χ0) is 14.9. The van der Waals surface area contributed by atoms with Crippen LogP contribution in [0.5, 0.6) is 0 Å². The van der Waals surface area contributed by atoms with Crippen LogP contribution in [0.4, 0.5) is 0 Å². The second-order valence-electron chi connectivity index (χ2n) is 6.29. The van der Waals surface area contributed by atoms with E-state index in [0.717, 1.165) is 37.6 Å². The summed E-state index contributed by atoms with van der Waals surface area (Å²) >= 11 is 0. The van der Waals surface area contributed by atoms with Gasteiger partial charge in [0, 0.05) is 30.7 Å². The van der Waals surface area contributed by atoms with Crippen molar-refractivity contribution in [3.8, 4) is 11.5 Å². The van der Waals surface area contributed by atoms with Crippen molar-refractivity contribution in [2.75, 3.05) is 19.6 Å². The van der Waals surface area contributed by atoms with E-state index >= 15 is 0 Å². The molecule has 0 radical (unpaired) electrons. The molecular weight excluding hydrogens is 264 g/mol. The molecule has 1 aliphatic rings. The smallest absolute Gasteiger partial charge is 0.257 e. The molecule has 1 aliphatic heterocycles. The highest BCUT2D eigenvalue weighted by Crippen LogP contribution is 2.21. The molecule has 1 aromatic carbocycles. The predicted octanol–water partition coefficient (Wildman–Crippen LogP) is 2.23. The Morgan fingerprint density at radius 3 is 2.76 bits per heavy atom. The Bertz CT molecular complexity index is 603. The lowest BCUT2D eigenvalue weighted by Crippen LogP contribution is -2.57. The van der Waals surface area contributed by atoms with Crippen LogP contribution < -0.4 is 5.32 Å². The molecule has 0 bridgehead atoms. The number of hydrogen-bond donors (Lipinski definition) is 1. The summed E-state index contributed by atoms with van der Waals surface area (Å²) in [4.78, 5) is 6.93. The predicted molar refractivity (Wildman–Crippen MR) is 81.8 cm³/mol. The quantitative estimate of drug-likeness (QED) is 0.937. The minimum Gasteiger partial charge on any atom is -0.334 e. The number of hydrogen-bond acceptors (Lipinski definition) is 5. The Labute approximate surface area is 125 Å². The molecule has 0 amide bonds. The lowest BCUT2D eigenvalue weighted by Gasteiger charge is -2.42. The molecular formula is C16H22N4O. The largest absolute Gasteiger partial charge is 0.334 e. The molecule has 5 nitrogen and oxygen atoms in total. The third-order valence-electron chi connectivity index (χ3n) is 4.07. The third-order valence-corrected chi connectivity index (χ3v) is 4.07. The van der Waals surface area contributed by atoms with Crippen LogP contribution in [-0.2, 0) is 6.54 Å². The van der Waals surface area contributed by atoms with E-state index < -0.39 is 0 Å². The van der Waals surface area contributed by atoms with Crippen molar-refractivity contribution in [2.45, 2.75) is 32.9 Å². The van der Waals surface area contributed by atoms with Crippen LogP contribution in [0.25, 0.3) is 11.5 Å². The number of nitrogens with one attached hydrogen (secondary N) is 1.